The molecule has 30 heavy (non-hydrogen) atoms. The summed E-state index contributed by atoms with van der Waals surface area (Å²) in [5.41, 5.74) is 2.04. The van der Waals surface area contributed by atoms with Crippen molar-refractivity contribution in [3.05, 3.63) is 42.1 Å². The molecule has 1 aliphatic heterocycles. The fraction of sp³-hybridized carbons (Fsp3) is 0.476. The summed E-state index contributed by atoms with van der Waals surface area (Å²) < 4.78 is 7.86. The van der Waals surface area contributed by atoms with Gasteiger partial charge >= 0.3 is 6.03 Å². The zero-order valence-corrected chi connectivity index (χ0v) is 17.5. The fourth-order valence-electron chi connectivity index (χ4n) is 3.88. The SMILES string of the molecule is CNC(=O)NCCN1CCC(Nc2nc3ccccc3n2Cc2cnc(C)o2)CC1. The van der Waals surface area contributed by atoms with Gasteiger partial charge < -0.3 is 29.8 Å². The number of anilines is 1. The van der Waals surface area contributed by atoms with E-state index in [-0.39, 0.29) is 6.03 Å². The maximum absolute atomic E-state index is 11.3. The van der Waals surface area contributed by atoms with Crippen molar-refractivity contribution >= 4 is 23.0 Å². The van der Waals surface area contributed by atoms with Gasteiger partial charge in [0.15, 0.2) is 5.89 Å². The number of nitrogens with zero attached hydrogens (tertiary/aromatic N) is 4. The van der Waals surface area contributed by atoms with Crippen LogP contribution in [0.25, 0.3) is 11.0 Å². The van der Waals surface area contributed by atoms with E-state index in [1.54, 1.807) is 13.2 Å². The van der Waals surface area contributed by atoms with Gasteiger partial charge in [0, 0.05) is 46.2 Å². The van der Waals surface area contributed by atoms with Gasteiger partial charge in [-0.05, 0) is 25.0 Å². The highest BCUT2D eigenvalue weighted by molar-refractivity contribution is 5.78. The number of fused-ring (bicyclic) bond motifs is 1. The van der Waals surface area contributed by atoms with Gasteiger partial charge in [0.1, 0.15) is 5.76 Å². The molecular weight excluding hydrogens is 382 g/mol. The fourth-order valence-corrected chi connectivity index (χ4v) is 3.88. The largest absolute Gasteiger partial charge is 0.444 e. The summed E-state index contributed by atoms with van der Waals surface area (Å²) in [6, 6.07) is 8.38. The lowest BCUT2D eigenvalue weighted by molar-refractivity contribution is 0.214. The Morgan fingerprint density at radius 2 is 2.07 bits per heavy atom. The molecule has 9 nitrogen and oxygen atoms in total. The summed E-state index contributed by atoms with van der Waals surface area (Å²) in [4.78, 5) is 22.7. The zero-order chi connectivity index (χ0) is 20.9. The number of carbonyl (C=O) groups excluding carboxylic acids is 1. The van der Waals surface area contributed by atoms with E-state index in [4.69, 9.17) is 9.40 Å². The molecule has 0 unspecified atom stereocenters. The van der Waals surface area contributed by atoms with E-state index < -0.39 is 0 Å². The Morgan fingerprint density at radius 1 is 1.27 bits per heavy atom. The number of carbonyl (C=O) groups is 1. The van der Waals surface area contributed by atoms with Crippen molar-refractivity contribution in [3.63, 3.8) is 0 Å². The number of piperidine rings is 1. The highest BCUT2D eigenvalue weighted by Crippen LogP contribution is 2.24. The van der Waals surface area contributed by atoms with Gasteiger partial charge in [0.05, 0.1) is 23.8 Å². The van der Waals surface area contributed by atoms with Crippen LogP contribution in [-0.4, -0.2) is 64.7 Å². The highest BCUT2D eigenvalue weighted by Gasteiger charge is 2.21. The van der Waals surface area contributed by atoms with Gasteiger partial charge in [0.2, 0.25) is 5.95 Å². The Balaban J connectivity index is 1.39. The number of benzene rings is 1. The third-order valence-electron chi connectivity index (χ3n) is 5.50. The number of amides is 2. The predicted molar refractivity (Wildman–Crippen MR) is 116 cm³/mol. The van der Waals surface area contributed by atoms with E-state index in [2.05, 4.69) is 36.5 Å². The number of hydrogen-bond acceptors (Lipinski definition) is 6. The minimum absolute atomic E-state index is 0.132. The maximum Gasteiger partial charge on any atom is 0.314 e. The van der Waals surface area contributed by atoms with Crippen LogP contribution in [0.3, 0.4) is 0 Å². The number of nitrogens with one attached hydrogen (secondary N) is 3. The van der Waals surface area contributed by atoms with Gasteiger partial charge in [-0.2, -0.15) is 0 Å². The second-order valence-electron chi connectivity index (χ2n) is 7.62. The third kappa shape index (κ3) is 4.73. The van der Waals surface area contributed by atoms with Gasteiger partial charge in [-0.15, -0.1) is 0 Å². The second kappa shape index (κ2) is 9.17. The molecule has 1 aromatic carbocycles. The van der Waals surface area contributed by atoms with E-state index in [1.807, 2.05) is 25.1 Å². The molecule has 0 atom stereocenters. The highest BCUT2D eigenvalue weighted by atomic mass is 16.4. The van der Waals surface area contributed by atoms with Crippen LogP contribution < -0.4 is 16.0 Å². The molecular formula is C21H29N7O2. The van der Waals surface area contributed by atoms with Crippen LogP contribution in [0.4, 0.5) is 10.7 Å². The molecule has 4 rings (SSSR count). The summed E-state index contributed by atoms with van der Waals surface area (Å²) in [6.07, 6.45) is 3.84. The Bertz CT molecular complexity index is 988. The van der Waals surface area contributed by atoms with E-state index in [1.165, 1.54) is 0 Å². The van der Waals surface area contributed by atoms with Crippen molar-refractivity contribution in [3.8, 4) is 0 Å². The third-order valence-corrected chi connectivity index (χ3v) is 5.50. The Hall–Kier alpha value is -3.07. The molecule has 3 N–H and O–H groups in total. The summed E-state index contributed by atoms with van der Waals surface area (Å²) in [7, 11) is 1.63. The van der Waals surface area contributed by atoms with Crippen LogP contribution in [0.5, 0.6) is 0 Å². The number of para-hydroxylation sites is 2. The molecule has 160 valence electrons. The number of urea groups is 1. The topological polar surface area (TPSA) is 100 Å². The molecule has 0 aliphatic carbocycles. The van der Waals surface area contributed by atoms with Crippen LogP contribution in [0.2, 0.25) is 0 Å². The average Bonchev–Trinajstić information content (AvgIpc) is 3.32. The van der Waals surface area contributed by atoms with Gasteiger partial charge in [0.25, 0.3) is 0 Å². The first kappa shape index (κ1) is 20.2. The van der Waals surface area contributed by atoms with Crippen LogP contribution in [-0.2, 0) is 6.54 Å². The Labute approximate surface area is 175 Å². The quantitative estimate of drug-likeness (QED) is 0.551. The van der Waals surface area contributed by atoms with E-state index >= 15 is 0 Å². The van der Waals surface area contributed by atoms with Gasteiger partial charge in [-0.3, -0.25) is 0 Å². The number of oxazole rings is 1. The van der Waals surface area contributed by atoms with Crippen LogP contribution in [0.15, 0.2) is 34.9 Å². The predicted octanol–water partition coefficient (Wildman–Crippen LogP) is 2.19. The Kier molecular flexibility index (Phi) is 6.18. The lowest BCUT2D eigenvalue weighted by Crippen LogP contribution is -2.44. The van der Waals surface area contributed by atoms with Gasteiger partial charge in [-0.25, -0.2) is 14.8 Å². The molecule has 0 radical (unpaired) electrons. The molecule has 3 heterocycles. The molecule has 0 spiro atoms. The van der Waals surface area contributed by atoms with Gasteiger partial charge in [-0.1, -0.05) is 12.1 Å². The number of imidazole rings is 1. The zero-order valence-electron chi connectivity index (χ0n) is 17.5. The first-order valence-electron chi connectivity index (χ1n) is 10.4. The van der Waals surface area contributed by atoms with Crippen LogP contribution in [0, 0.1) is 6.92 Å². The van der Waals surface area contributed by atoms with E-state index in [0.717, 1.165) is 55.2 Å². The smallest absolute Gasteiger partial charge is 0.314 e. The van der Waals surface area contributed by atoms with Crippen molar-refractivity contribution in [2.75, 3.05) is 38.5 Å². The minimum Gasteiger partial charge on any atom is -0.444 e. The summed E-state index contributed by atoms with van der Waals surface area (Å²) in [5, 5.41) is 9.07. The second-order valence-corrected chi connectivity index (χ2v) is 7.62. The molecule has 2 aromatic heterocycles. The van der Waals surface area contributed by atoms with Crippen LogP contribution >= 0.6 is 0 Å². The van der Waals surface area contributed by atoms with Crippen LogP contribution in [0.1, 0.15) is 24.5 Å². The minimum atomic E-state index is -0.132. The number of aromatic nitrogens is 3. The molecule has 3 aromatic rings. The summed E-state index contributed by atoms with van der Waals surface area (Å²) in [6.45, 7) is 5.96. The molecule has 0 bridgehead atoms. The van der Waals surface area contributed by atoms with Crippen molar-refractivity contribution in [1.82, 2.24) is 30.1 Å². The molecule has 1 aliphatic rings. The average molecular weight is 412 g/mol. The lowest BCUT2D eigenvalue weighted by Gasteiger charge is -2.32. The summed E-state index contributed by atoms with van der Waals surface area (Å²) in [5.74, 6) is 2.35. The molecule has 1 fully saturated rings. The molecule has 9 heteroatoms. The van der Waals surface area contributed by atoms with Crippen molar-refractivity contribution in [1.29, 1.82) is 0 Å². The number of likely N-dealkylation sites (tertiary alicyclic amines) is 1. The number of aryl methyl sites for hydroxylation is 1. The number of hydrogen-bond donors (Lipinski definition) is 3. The van der Waals surface area contributed by atoms with Crippen molar-refractivity contribution in [2.45, 2.75) is 32.4 Å². The number of rotatable bonds is 7. The Morgan fingerprint density at radius 3 is 2.80 bits per heavy atom. The van der Waals surface area contributed by atoms with E-state index in [9.17, 15) is 4.79 Å². The van der Waals surface area contributed by atoms with Crippen molar-refractivity contribution < 1.29 is 9.21 Å². The lowest BCUT2D eigenvalue weighted by atomic mass is 10.1. The summed E-state index contributed by atoms with van der Waals surface area (Å²) >= 11 is 0. The monoisotopic (exact) mass is 411 g/mol. The van der Waals surface area contributed by atoms with Crippen molar-refractivity contribution in [2.24, 2.45) is 0 Å². The van der Waals surface area contributed by atoms with E-state index in [0.29, 0.717) is 25.0 Å². The maximum atomic E-state index is 11.3. The molecule has 0 saturated carbocycles. The first-order chi connectivity index (χ1) is 14.6. The standard InChI is InChI=1S/C21H29N7O2/c1-15-24-13-17(30-15)14-28-19-6-4-3-5-18(19)26-20(28)25-16-7-10-27(11-8-16)12-9-23-21(29)22-2/h3-6,13,16H,7-12,14H2,1-2H3,(H,25,26)(H2,22,23,29). The molecule has 1 saturated heterocycles. The molecule has 2 amide bonds. The first-order valence-corrected chi connectivity index (χ1v) is 10.4. The normalized spacial score (nSPS) is 15.4.